The van der Waals surface area contributed by atoms with Crippen molar-refractivity contribution in [2.45, 2.75) is 13.1 Å². The number of hydrogen-bond acceptors (Lipinski definition) is 5. The molecule has 21 heavy (non-hydrogen) atoms. The molecule has 2 heterocycles. The van der Waals surface area contributed by atoms with Gasteiger partial charge in [0, 0.05) is 24.2 Å². The van der Waals surface area contributed by atoms with Gasteiger partial charge in [0.1, 0.15) is 0 Å². The molecule has 0 saturated carbocycles. The molecule has 1 aliphatic heterocycles. The van der Waals surface area contributed by atoms with Crippen molar-refractivity contribution in [2.75, 3.05) is 13.4 Å². The van der Waals surface area contributed by atoms with Crippen molar-refractivity contribution < 1.29 is 14.6 Å². The third-order valence-corrected chi connectivity index (χ3v) is 3.46. The largest absolute Gasteiger partial charge is 0.454 e. The Kier molecular flexibility index (Phi) is 3.64. The van der Waals surface area contributed by atoms with Gasteiger partial charge in [0.05, 0.1) is 12.3 Å². The Morgan fingerprint density at radius 1 is 1.19 bits per heavy atom. The quantitative estimate of drug-likeness (QED) is 0.864. The number of aliphatic hydroxyl groups excluding tert-OH is 1. The van der Waals surface area contributed by atoms with E-state index in [1.165, 1.54) is 4.57 Å². The van der Waals surface area contributed by atoms with Crippen molar-refractivity contribution in [3.05, 3.63) is 46.2 Å². The average Bonchev–Trinajstić information content (AvgIpc) is 2.97. The molecule has 0 radical (unpaired) electrons. The van der Waals surface area contributed by atoms with E-state index in [1.54, 1.807) is 6.07 Å². The van der Waals surface area contributed by atoms with Crippen LogP contribution in [0, 0.1) is 0 Å². The van der Waals surface area contributed by atoms with Gasteiger partial charge in [-0.05, 0) is 24.3 Å². The zero-order chi connectivity index (χ0) is 14.8. The Morgan fingerprint density at radius 2 is 2.00 bits per heavy atom. The van der Waals surface area contributed by atoms with Crippen LogP contribution in [0.3, 0.4) is 0 Å². The van der Waals surface area contributed by atoms with Gasteiger partial charge in [0.25, 0.3) is 5.56 Å². The molecule has 0 bridgehead atoms. The minimum absolute atomic E-state index is 0.120. The summed E-state index contributed by atoms with van der Waals surface area (Å²) in [5.74, 6) is 1.34. The van der Waals surface area contributed by atoms with Crippen LogP contribution < -0.4 is 20.8 Å². The van der Waals surface area contributed by atoms with E-state index in [2.05, 4.69) is 0 Å². The molecule has 0 fully saturated rings. The second-order valence-corrected chi connectivity index (χ2v) is 4.70. The molecule has 6 heteroatoms. The van der Waals surface area contributed by atoms with E-state index in [9.17, 15) is 9.90 Å². The van der Waals surface area contributed by atoms with Crippen LogP contribution in [-0.2, 0) is 13.1 Å². The lowest BCUT2D eigenvalue weighted by Crippen LogP contribution is -2.27. The normalized spacial score (nSPS) is 12.7. The number of hydrogen-bond donors (Lipinski definition) is 2. The van der Waals surface area contributed by atoms with E-state index >= 15 is 0 Å². The van der Waals surface area contributed by atoms with Crippen LogP contribution in [0.1, 0.15) is 5.56 Å². The Bertz CT molecular complexity index is 724. The lowest BCUT2D eigenvalue weighted by molar-refractivity contribution is 0.174. The van der Waals surface area contributed by atoms with Crippen molar-refractivity contribution in [3.8, 4) is 22.8 Å². The monoisotopic (exact) mass is 288 g/mol. The number of nitrogens with two attached hydrogens (primary N) is 1. The van der Waals surface area contributed by atoms with Crippen LogP contribution in [0.5, 0.6) is 11.5 Å². The molecule has 1 aliphatic rings. The summed E-state index contributed by atoms with van der Waals surface area (Å²) in [5.41, 5.74) is 7.45. The van der Waals surface area contributed by atoms with Gasteiger partial charge in [0.2, 0.25) is 6.79 Å². The van der Waals surface area contributed by atoms with Gasteiger partial charge in [-0.2, -0.15) is 0 Å². The average molecular weight is 288 g/mol. The summed E-state index contributed by atoms with van der Waals surface area (Å²) < 4.78 is 12.2. The standard InChI is InChI=1S/C15H16N2O4/c16-8-11-1-3-12(17(5-6-18)15(11)19)10-2-4-13-14(7-10)21-9-20-13/h1-4,7,18H,5-6,8-9,16H2. The Balaban J connectivity index is 2.13. The first-order valence-corrected chi connectivity index (χ1v) is 6.68. The maximum atomic E-state index is 12.3. The van der Waals surface area contributed by atoms with Crippen LogP contribution in [0.25, 0.3) is 11.3 Å². The Morgan fingerprint density at radius 3 is 2.76 bits per heavy atom. The molecule has 110 valence electrons. The highest BCUT2D eigenvalue weighted by Gasteiger charge is 2.16. The van der Waals surface area contributed by atoms with E-state index in [0.717, 1.165) is 5.56 Å². The number of ether oxygens (including phenoxy) is 2. The van der Waals surface area contributed by atoms with Gasteiger partial charge in [-0.3, -0.25) is 4.79 Å². The lowest BCUT2D eigenvalue weighted by Gasteiger charge is -2.14. The first kappa shape index (κ1) is 13.7. The van der Waals surface area contributed by atoms with E-state index in [-0.39, 0.29) is 32.0 Å². The molecule has 3 rings (SSSR count). The maximum absolute atomic E-state index is 12.3. The summed E-state index contributed by atoms with van der Waals surface area (Å²) >= 11 is 0. The molecule has 0 amide bonds. The van der Waals surface area contributed by atoms with E-state index in [4.69, 9.17) is 15.2 Å². The van der Waals surface area contributed by atoms with Crippen LogP contribution in [0.15, 0.2) is 35.1 Å². The topological polar surface area (TPSA) is 86.7 Å². The first-order valence-electron chi connectivity index (χ1n) is 6.68. The fourth-order valence-electron chi connectivity index (χ4n) is 2.41. The maximum Gasteiger partial charge on any atom is 0.255 e. The zero-order valence-electron chi connectivity index (χ0n) is 11.4. The molecule has 1 aromatic heterocycles. The fourth-order valence-corrected chi connectivity index (χ4v) is 2.41. The van der Waals surface area contributed by atoms with Crippen molar-refractivity contribution >= 4 is 0 Å². The zero-order valence-corrected chi connectivity index (χ0v) is 11.4. The Labute approximate surface area is 121 Å². The summed E-state index contributed by atoms with van der Waals surface area (Å²) in [5, 5.41) is 9.20. The summed E-state index contributed by atoms with van der Waals surface area (Å²) in [6.45, 7) is 0.474. The molecule has 3 N–H and O–H groups in total. The molecule has 0 atom stereocenters. The smallest absolute Gasteiger partial charge is 0.255 e. The summed E-state index contributed by atoms with van der Waals surface area (Å²) in [7, 11) is 0. The molecule has 0 spiro atoms. The molecule has 2 aromatic rings. The van der Waals surface area contributed by atoms with Crippen molar-refractivity contribution in [1.29, 1.82) is 0 Å². The first-order chi connectivity index (χ1) is 10.2. The number of fused-ring (bicyclic) bond motifs is 1. The van der Waals surface area contributed by atoms with Gasteiger partial charge in [-0.25, -0.2) is 0 Å². The van der Waals surface area contributed by atoms with Gasteiger partial charge in [-0.1, -0.05) is 6.07 Å². The van der Waals surface area contributed by atoms with Crippen LogP contribution in [0.2, 0.25) is 0 Å². The van der Waals surface area contributed by atoms with Gasteiger partial charge < -0.3 is 24.9 Å². The molecule has 0 unspecified atom stereocenters. The summed E-state index contributed by atoms with van der Waals surface area (Å²) in [4.78, 5) is 12.3. The van der Waals surface area contributed by atoms with Gasteiger partial charge in [0.15, 0.2) is 11.5 Å². The number of nitrogens with zero attached hydrogens (tertiary/aromatic N) is 1. The number of aliphatic hydroxyl groups is 1. The minimum Gasteiger partial charge on any atom is -0.454 e. The molecule has 0 aliphatic carbocycles. The van der Waals surface area contributed by atoms with E-state index < -0.39 is 0 Å². The van der Waals surface area contributed by atoms with Crippen LogP contribution >= 0.6 is 0 Å². The molecular weight excluding hydrogens is 272 g/mol. The number of rotatable bonds is 4. The molecule has 0 saturated heterocycles. The highest BCUT2D eigenvalue weighted by molar-refractivity contribution is 5.65. The molecule has 6 nitrogen and oxygen atoms in total. The predicted octanol–water partition coefficient (Wildman–Crippen LogP) is 0.695. The van der Waals surface area contributed by atoms with Gasteiger partial charge >= 0.3 is 0 Å². The molecular formula is C15H16N2O4. The van der Waals surface area contributed by atoms with Gasteiger partial charge in [-0.15, -0.1) is 0 Å². The number of benzene rings is 1. The SMILES string of the molecule is NCc1ccc(-c2ccc3c(c2)OCO3)n(CCO)c1=O. The van der Waals surface area contributed by atoms with Crippen LogP contribution in [0.4, 0.5) is 0 Å². The highest BCUT2D eigenvalue weighted by atomic mass is 16.7. The minimum atomic E-state index is -0.179. The predicted molar refractivity (Wildman–Crippen MR) is 77.2 cm³/mol. The highest BCUT2D eigenvalue weighted by Crippen LogP contribution is 2.35. The lowest BCUT2D eigenvalue weighted by atomic mass is 10.1. The third-order valence-electron chi connectivity index (χ3n) is 3.46. The third kappa shape index (κ3) is 2.39. The molecule has 1 aromatic carbocycles. The number of aromatic nitrogens is 1. The second-order valence-electron chi connectivity index (χ2n) is 4.70. The van der Waals surface area contributed by atoms with E-state index in [0.29, 0.717) is 22.8 Å². The van der Waals surface area contributed by atoms with Crippen molar-refractivity contribution in [1.82, 2.24) is 4.57 Å². The fraction of sp³-hybridized carbons (Fsp3) is 0.267. The summed E-state index contributed by atoms with van der Waals surface area (Å²) in [6, 6.07) is 9.04. The van der Waals surface area contributed by atoms with E-state index in [1.807, 2.05) is 24.3 Å². The second kappa shape index (κ2) is 5.59. The number of pyridine rings is 1. The Hall–Kier alpha value is -2.31. The van der Waals surface area contributed by atoms with Crippen molar-refractivity contribution in [2.24, 2.45) is 5.73 Å². The van der Waals surface area contributed by atoms with Crippen molar-refractivity contribution in [3.63, 3.8) is 0 Å². The van der Waals surface area contributed by atoms with Crippen LogP contribution in [-0.4, -0.2) is 23.1 Å². The summed E-state index contributed by atoms with van der Waals surface area (Å²) in [6.07, 6.45) is 0.